The molecule has 0 saturated carbocycles. The molecule has 2 aromatic rings. The van der Waals surface area contributed by atoms with E-state index in [4.69, 9.17) is 23.2 Å². The second-order valence-electron chi connectivity index (χ2n) is 4.33. The number of halogens is 2. The highest BCUT2D eigenvalue weighted by Crippen LogP contribution is 2.29. The third kappa shape index (κ3) is 4.18. The van der Waals surface area contributed by atoms with Crippen LogP contribution in [-0.4, -0.2) is 22.2 Å². The molecule has 0 saturated heterocycles. The van der Waals surface area contributed by atoms with Crippen LogP contribution in [0.5, 0.6) is 5.75 Å². The van der Waals surface area contributed by atoms with E-state index >= 15 is 0 Å². The molecule has 0 aliphatic carbocycles. The van der Waals surface area contributed by atoms with Gasteiger partial charge in [0.05, 0.1) is 16.2 Å². The maximum atomic E-state index is 11.8. The molecule has 0 radical (unpaired) electrons. The zero-order valence-electron chi connectivity index (χ0n) is 11.4. The Morgan fingerprint density at radius 1 is 1.26 bits per heavy atom. The number of carbonyl (C=O) groups excluding carboxylic acids is 1. The van der Waals surface area contributed by atoms with Gasteiger partial charge in [-0.15, -0.1) is 0 Å². The van der Waals surface area contributed by atoms with Gasteiger partial charge >= 0.3 is 0 Å². The molecule has 0 heterocycles. The van der Waals surface area contributed by atoms with Gasteiger partial charge in [-0.2, -0.15) is 5.10 Å². The van der Waals surface area contributed by atoms with Gasteiger partial charge in [-0.25, -0.2) is 5.43 Å². The summed E-state index contributed by atoms with van der Waals surface area (Å²) in [6, 6.07) is 7.81. The first kappa shape index (κ1) is 16.7. The molecule has 0 aromatic heterocycles. The molecule has 118 valence electrons. The van der Waals surface area contributed by atoms with E-state index in [-0.39, 0.29) is 27.6 Å². The summed E-state index contributed by atoms with van der Waals surface area (Å²) in [6.45, 7) is 0. The molecule has 0 aliphatic rings. The fraction of sp³-hybridized carbons (Fsp3) is 0. The Balaban J connectivity index is 2.08. The van der Waals surface area contributed by atoms with Crippen molar-refractivity contribution in [3.63, 3.8) is 0 Å². The van der Waals surface area contributed by atoms with Crippen molar-refractivity contribution >= 4 is 41.0 Å². The summed E-state index contributed by atoms with van der Waals surface area (Å²) in [4.78, 5) is 21.8. The molecule has 23 heavy (non-hydrogen) atoms. The lowest BCUT2D eigenvalue weighted by molar-refractivity contribution is -0.384. The van der Waals surface area contributed by atoms with Gasteiger partial charge in [-0.3, -0.25) is 14.9 Å². The van der Waals surface area contributed by atoms with Crippen LogP contribution in [0.4, 0.5) is 5.69 Å². The average Bonchev–Trinajstić information content (AvgIpc) is 2.51. The second-order valence-corrected chi connectivity index (χ2v) is 5.17. The summed E-state index contributed by atoms with van der Waals surface area (Å²) in [5.41, 5.74) is 2.53. The fourth-order valence-electron chi connectivity index (χ4n) is 1.64. The quantitative estimate of drug-likeness (QED) is 0.499. The minimum atomic E-state index is -0.566. The molecular weight excluding hydrogens is 345 g/mol. The smallest absolute Gasteiger partial charge is 0.271 e. The SMILES string of the molecule is O=C(N/N=C/c1cc(Cl)cc(Cl)c1O)c1ccc([N+](=O)[O-])cc1. The Morgan fingerprint density at radius 3 is 2.52 bits per heavy atom. The number of rotatable bonds is 4. The Labute approximate surface area is 140 Å². The number of hydrogen-bond acceptors (Lipinski definition) is 5. The summed E-state index contributed by atoms with van der Waals surface area (Å²) < 4.78 is 0. The minimum absolute atomic E-state index is 0.0562. The number of nitro groups is 1. The lowest BCUT2D eigenvalue weighted by atomic mass is 10.2. The standard InChI is InChI=1S/C14H9Cl2N3O4/c15-10-5-9(13(20)12(16)6-10)7-17-18-14(21)8-1-3-11(4-2-8)19(22)23/h1-7,20H,(H,18,21)/b17-7+. The maximum absolute atomic E-state index is 11.8. The number of nitrogens with zero attached hydrogens (tertiary/aromatic N) is 2. The van der Waals surface area contributed by atoms with Crippen LogP contribution >= 0.6 is 23.2 Å². The van der Waals surface area contributed by atoms with Crippen molar-refractivity contribution in [1.29, 1.82) is 0 Å². The monoisotopic (exact) mass is 353 g/mol. The number of nitro benzene ring substituents is 1. The summed E-state index contributed by atoms with van der Waals surface area (Å²) in [7, 11) is 0. The topological polar surface area (TPSA) is 105 Å². The number of carbonyl (C=O) groups is 1. The number of amides is 1. The van der Waals surface area contributed by atoms with Gasteiger partial charge in [-0.1, -0.05) is 23.2 Å². The van der Waals surface area contributed by atoms with E-state index in [2.05, 4.69) is 10.5 Å². The van der Waals surface area contributed by atoms with Crippen LogP contribution in [0.25, 0.3) is 0 Å². The molecule has 0 aliphatic heterocycles. The fourth-order valence-corrected chi connectivity index (χ4v) is 2.15. The summed E-state index contributed by atoms with van der Waals surface area (Å²) >= 11 is 11.6. The van der Waals surface area contributed by atoms with Crippen LogP contribution in [0.3, 0.4) is 0 Å². The number of benzene rings is 2. The largest absolute Gasteiger partial charge is 0.506 e. The molecule has 0 bridgehead atoms. The van der Waals surface area contributed by atoms with E-state index in [0.717, 1.165) is 0 Å². The van der Waals surface area contributed by atoms with Gasteiger partial charge in [0, 0.05) is 28.3 Å². The van der Waals surface area contributed by atoms with Crippen molar-refractivity contribution in [3.8, 4) is 5.75 Å². The van der Waals surface area contributed by atoms with Gasteiger partial charge in [0.1, 0.15) is 5.75 Å². The lowest BCUT2D eigenvalue weighted by Crippen LogP contribution is -2.17. The zero-order chi connectivity index (χ0) is 17.0. The highest BCUT2D eigenvalue weighted by atomic mass is 35.5. The molecular formula is C14H9Cl2N3O4. The van der Waals surface area contributed by atoms with Crippen molar-refractivity contribution in [2.24, 2.45) is 5.10 Å². The number of nitrogens with one attached hydrogen (secondary N) is 1. The van der Waals surface area contributed by atoms with Gasteiger partial charge in [0.25, 0.3) is 11.6 Å². The van der Waals surface area contributed by atoms with Crippen molar-refractivity contribution in [3.05, 3.63) is 67.7 Å². The Morgan fingerprint density at radius 2 is 1.91 bits per heavy atom. The van der Waals surface area contributed by atoms with E-state index in [0.29, 0.717) is 5.02 Å². The minimum Gasteiger partial charge on any atom is -0.506 e. The molecule has 1 amide bonds. The number of hydrogen-bond donors (Lipinski definition) is 2. The molecule has 2 aromatic carbocycles. The van der Waals surface area contributed by atoms with Crippen LogP contribution in [0.1, 0.15) is 15.9 Å². The highest BCUT2D eigenvalue weighted by molar-refractivity contribution is 6.36. The molecule has 7 nitrogen and oxygen atoms in total. The van der Waals surface area contributed by atoms with Crippen molar-refractivity contribution in [2.75, 3.05) is 0 Å². The number of hydrazone groups is 1. The van der Waals surface area contributed by atoms with Crippen molar-refractivity contribution in [1.82, 2.24) is 5.43 Å². The van der Waals surface area contributed by atoms with E-state index in [9.17, 15) is 20.0 Å². The Kier molecular flexibility index (Phi) is 5.15. The van der Waals surface area contributed by atoms with Crippen LogP contribution in [0.15, 0.2) is 41.5 Å². The normalized spacial score (nSPS) is 10.7. The van der Waals surface area contributed by atoms with Crippen LogP contribution in [0, 0.1) is 10.1 Å². The van der Waals surface area contributed by atoms with E-state index in [1.807, 2.05) is 0 Å². The zero-order valence-corrected chi connectivity index (χ0v) is 12.9. The number of non-ortho nitro benzene ring substituents is 1. The number of phenols is 1. The van der Waals surface area contributed by atoms with Crippen LogP contribution in [0.2, 0.25) is 10.0 Å². The summed E-state index contributed by atoms with van der Waals surface area (Å²) in [5, 5.41) is 24.3. The molecule has 0 unspecified atom stereocenters. The summed E-state index contributed by atoms with van der Waals surface area (Å²) in [6.07, 6.45) is 1.18. The van der Waals surface area contributed by atoms with E-state index in [1.165, 1.54) is 42.6 Å². The molecule has 2 N–H and O–H groups in total. The molecule has 9 heteroatoms. The average molecular weight is 354 g/mol. The first-order chi connectivity index (χ1) is 10.9. The molecule has 0 fully saturated rings. The lowest BCUT2D eigenvalue weighted by Gasteiger charge is -2.03. The predicted molar refractivity (Wildman–Crippen MR) is 86.3 cm³/mol. The van der Waals surface area contributed by atoms with Gasteiger partial charge in [-0.05, 0) is 24.3 Å². The summed E-state index contributed by atoms with van der Waals surface area (Å²) in [5.74, 6) is -0.784. The van der Waals surface area contributed by atoms with Crippen molar-refractivity contribution < 1.29 is 14.8 Å². The molecule has 2 rings (SSSR count). The third-order valence-corrected chi connectivity index (χ3v) is 3.27. The molecule has 0 spiro atoms. The van der Waals surface area contributed by atoms with Gasteiger partial charge in [0.15, 0.2) is 0 Å². The van der Waals surface area contributed by atoms with E-state index in [1.54, 1.807) is 0 Å². The highest BCUT2D eigenvalue weighted by Gasteiger charge is 2.09. The molecule has 0 atom stereocenters. The first-order valence-electron chi connectivity index (χ1n) is 6.14. The predicted octanol–water partition coefficient (Wildman–Crippen LogP) is 3.37. The van der Waals surface area contributed by atoms with Crippen LogP contribution < -0.4 is 5.43 Å². The van der Waals surface area contributed by atoms with E-state index < -0.39 is 10.8 Å². The number of phenolic OH excluding ortho intramolecular Hbond substituents is 1. The number of aromatic hydroxyl groups is 1. The van der Waals surface area contributed by atoms with Crippen molar-refractivity contribution in [2.45, 2.75) is 0 Å². The third-order valence-electron chi connectivity index (χ3n) is 2.77. The second kappa shape index (κ2) is 7.08. The van der Waals surface area contributed by atoms with Gasteiger partial charge in [0.2, 0.25) is 0 Å². The first-order valence-corrected chi connectivity index (χ1v) is 6.90. The Bertz CT molecular complexity index is 791. The van der Waals surface area contributed by atoms with Gasteiger partial charge < -0.3 is 5.11 Å². The van der Waals surface area contributed by atoms with Crippen LogP contribution in [-0.2, 0) is 0 Å². The maximum Gasteiger partial charge on any atom is 0.271 e. The Hall–Kier alpha value is -2.64.